The average molecular weight is 644 g/mol. The van der Waals surface area contributed by atoms with E-state index in [1.54, 1.807) is 17.0 Å². The number of anilines is 1. The van der Waals surface area contributed by atoms with Gasteiger partial charge in [0.1, 0.15) is 18.1 Å². The van der Waals surface area contributed by atoms with Crippen LogP contribution >= 0.6 is 0 Å². The number of nitrogens with zero attached hydrogens (tertiary/aromatic N) is 2. The van der Waals surface area contributed by atoms with E-state index < -0.39 is 44.9 Å². The van der Waals surface area contributed by atoms with Crippen LogP contribution in [-0.2, 0) is 35.5 Å². The van der Waals surface area contributed by atoms with Gasteiger partial charge in [-0.3, -0.25) is 4.79 Å². The number of hydrogen-bond acceptors (Lipinski definition) is 9. The van der Waals surface area contributed by atoms with Crippen molar-refractivity contribution >= 4 is 33.5 Å². The molecule has 2 amide bonds. The van der Waals surface area contributed by atoms with Gasteiger partial charge in [-0.2, -0.15) is 0 Å². The highest BCUT2D eigenvalue weighted by Gasteiger charge is 2.47. The lowest BCUT2D eigenvalue weighted by molar-refractivity contribution is -0.163. The van der Waals surface area contributed by atoms with E-state index >= 15 is 0 Å². The Hall–Kier alpha value is -3.80. The summed E-state index contributed by atoms with van der Waals surface area (Å²) in [5, 5.41) is 2.37. The number of sulfone groups is 1. The fourth-order valence-electron chi connectivity index (χ4n) is 6.09. The van der Waals surface area contributed by atoms with Crippen molar-refractivity contribution in [3.63, 3.8) is 0 Å². The molecule has 11 nitrogen and oxygen atoms in total. The summed E-state index contributed by atoms with van der Waals surface area (Å²) in [5.41, 5.74) is 0.162. The lowest BCUT2D eigenvalue weighted by Gasteiger charge is -2.48. The molecule has 0 radical (unpaired) electrons. The fourth-order valence-corrected chi connectivity index (χ4v) is 7.21. The number of ether oxygens (including phenoxy) is 3. The third-order valence-corrected chi connectivity index (χ3v) is 9.84. The van der Waals surface area contributed by atoms with Gasteiger partial charge in [0, 0.05) is 31.9 Å². The normalized spacial score (nSPS) is 19.4. The number of carbonyl (C=O) groups is 3. The summed E-state index contributed by atoms with van der Waals surface area (Å²) in [5.74, 6) is -1.29. The molecule has 246 valence electrons. The van der Waals surface area contributed by atoms with Gasteiger partial charge in [-0.1, -0.05) is 44.2 Å². The van der Waals surface area contributed by atoms with Crippen LogP contribution in [-0.4, -0.2) is 87.2 Å². The van der Waals surface area contributed by atoms with Gasteiger partial charge >= 0.3 is 12.1 Å². The van der Waals surface area contributed by atoms with Crippen molar-refractivity contribution in [2.75, 3.05) is 49.2 Å². The second kappa shape index (κ2) is 14.1. The van der Waals surface area contributed by atoms with Crippen molar-refractivity contribution in [3.8, 4) is 5.75 Å². The van der Waals surface area contributed by atoms with Crippen LogP contribution in [0.4, 0.5) is 10.5 Å². The van der Waals surface area contributed by atoms with Crippen LogP contribution in [0.15, 0.2) is 54.6 Å². The van der Waals surface area contributed by atoms with Crippen LogP contribution in [0, 0.1) is 11.3 Å². The Morgan fingerprint density at radius 1 is 1.00 bits per heavy atom. The molecule has 2 aromatic carbocycles. The van der Waals surface area contributed by atoms with Gasteiger partial charge in [-0.15, -0.1) is 0 Å². The zero-order valence-corrected chi connectivity index (χ0v) is 27.6. The minimum atomic E-state index is -3.84. The van der Waals surface area contributed by atoms with E-state index in [-0.39, 0.29) is 30.5 Å². The summed E-state index contributed by atoms with van der Waals surface area (Å²) < 4.78 is 41.9. The van der Waals surface area contributed by atoms with E-state index in [9.17, 15) is 22.8 Å². The molecule has 3 heterocycles. The van der Waals surface area contributed by atoms with Crippen LogP contribution in [0.5, 0.6) is 5.75 Å². The van der Waals surface area contributed by atoms with E-state index in [2.05, 4.69) is 24.1 Å². The SMILES string of the molecule is CCOc1ccc(N2C[C@H]3CN(C(=O)CS(=O)(=O)CCNC(=O)OC(C)(C)C(=O)OCc4ccccc4)C[C@@H]2C(C)(C)C3)cc1. The number of nitrogens with one attached hydrogen (secondary N) is 1. The van der Waals surface area contributed by atoms with Crippen LogP contribution in [0.1, 0.15) is 46.6 Å². The van der Waals surface area contributed by atoms with Crippen molar-refractivity contribution < 1.29 is 37.0 Å². The number of fused-ring (bicyclic) bond motifs is 4. The predicted octanol–water partition coefficient (Wildman–Crippen LogP) is 3.81. The zero-order chi connectivity index (χ0) is 32.8. The first-order valence-electron chi connectivity index (χ1n) is 15.3. The highest BCUT2D eigenvalue weighted by atomic mass is 32.2. The molecule has 0 aromatic heterocycles. The quantitative estimate of drug-likeness (QED) is 0.343. The van der Waals surface area contributed by atoms with Gasteiger partial charge in [0.15, 0.2) is 9.84 Å². The van der Waals surface area contributed by atoms with Crippen molar-refractivity contribution in [1.29, 1.82) is 0 Å². The number of benzene rings is 2. The van der Waals surface area contributed by atoms with E-state index in [0.717, 1.165) is 30.0 Å². The first-order valence-corrected chi connectivity index (χ1v) is 17.2. The summed E-state index contributed by atoms with van der Waals surface area (Å²) in [6.07, 6.45) is -0.0249. The summed E-state index contributed by atoms with van der Waals surface area (Å²) in [7, 11) is -3.84. The van der Waals surface area contributed by atoms with Gasteiger partial charge in [-0.25, -0.2) is 18.0 Å². The summed E-state index contributed by atoms with van der Waals surface area (Å²) in [6, 6.07) is 17.1. The van der Waals surface area contributed by atoms with E-state index in [0.29, 0.717) is 19.7 Å². The molecule has 5 rings (SSSR count). The van der Waals surface area contributed by atoms with Crippen molar-refractivity contribution in [1.82, 2.24) is 10.2 Å². The molecule has 0 aliphatic carbocycles. The Bertz CT molecular complexity index is 1440. The minimum Gasteiger partial charge on any atom is -0.494 e. The molecule has 3 saturated heterocycles. The summed E-state index contributed by atoms with van der Waals surface area (Å²) >= 11 is 0. The van der Waals surface area contributed by atoms with Crippen LogP contribution in [0.3, 0.4) is 0 Å². The molecule has 1 N–H and O–H groups in total. The molecule has 12 heteroatoms. The molecule has 3 aliphatic rings. The molecule has 2 aromatic rings. The Kier molecular flexibility index (Phi) is 10.7. The van der Waals surface area contributed by atoms with Crippen molar-refractivity contribution in [2.24, 2.45) is 11.3 Å². The predicted molar refractivity (Wildman–Crippen MR) is 171 cm³/mol. The van der Waals surface area contributed by atoms with Crippen LogP contribution < -0.4 is 15.0 Å². The highest BCUT2D eigenvalue weighted by Crippen LogP contribution is 2.43. The highest BCUT2D eigenvalue weighted by molar-refractivity contribution is 7.92. The second-order valence-electron chi connectivity index (χ2n) is 12.9. The van der Waals surface area contributed by atoms with Gasteiger partial charge in [0.05, 0.1) is 18.4 Å². The second-order valence-corrected chi connectivity index (χ2v) is 15.1. The molecule has 0 unspecified atom stereocenters. The third kappa shape index (κ3) is 9.12. The number of piperidine rings is 1. The number of carbonyl (C=O) groups excluding carboxylic acids is 3. The van der Waals surface area contributed by atoms with E-state index in [1.807, 2.05) is 49.4 Å². The Morgan fingerprint density at radius 3 is 2.36 bits per heavy atom. The minimum absolute atomic E-state index is 0.0139. The Labute approximate surface area is 266 Å². The maximum absolute atomic E-state index is 13.3. The molecule has 45 heavy (non-hydrogen) atoms. The number of rotatable bonds is 12. The van der Waals surface area contributed by atoms with Crippen LogP contribution in [0.25, 0.3) is 0 Å². The van der Waals surface area contributed by atoms with Gasteiger partial charge in [-0.05, 0) is 68.4 Å². The lowest BCUT2D eigenvalue weighted by atomic mass is 9.73. The topological polar surface area (TPSA) is 132 Å². The van der Waals surface area contributed by atoms with Crippen molar-refractivity contribution in [3.05, 3.63) is 60.2 Å². The monoisotopic (exact) mass is 643 g/mol. The smallest absolute Gasteiger partial charge is 0.408 e. The fraction of sp³-hybridized carbons (Fsp3) is 0.545. The van der Waals surface area contributed by atoms with Crippen LogP contribution in [0.2, 0.25) is 0 Å². The lowest BCUT2D eigenvalue weighted by Crippen LogP contribution is -2.54. The van der Waals surface area contributed by atoms with E-state index in [1.165, 1.54) is 13.8 Å². The number of esters is 1. The number of hydrogen-bond donors (Lipinski definition) is 1. The maximum Gasteiger partial charge on any atom is 0.408 e. The van der Waals surface area contributed by atoms with Gasteiger partial charge in [0.25, 0.3) is 0 Å². The first-order chi connectivity index (χ1) is 21.2. The Morgan fingerprint density at radius 2 is 1.69 bits per heavy atom. The molecule has 3 fully saturated rings. The van der Waals surface area contributed by atoms with Gasteiger partial charge in [0.2, 0.25) is 11.5 Å². The molecule has 2 atom stereocenters. The van der Waals surface area contributed by atoms with E-state index in [4.69, 9.17) is 14.2 Å². The molecule has 3 aliphatic heterocycles. The average Bonchev–Trinajstić information content (AvgIpc) is 3.24. The Balaban J connectivity index is 1.27. The number of amides is 2. The third-order valence-electron chi connectivity index (χ3n) is 8.33. The van der Waals surface area contributed by atoms with Crippen molar-refractivity contribution in [2.45, 2.75) is 59.3 Å². The molecule has 2 bridgehead atoms. The standard InChI is InChI=1S/C33H45N3O8S/c1-6-42-27-14-12-26(13-15-27)36-20-25-18-32(2,3)28(36)21-35(19-25)29(37)23-45(40,41)17-16-34-31(39)44-33(4,5)30(38)43-22-24-10-8-7-9-11-24/h7-15,25,28H,6,16-23H2,1-5H3,(H,34,39)/t25-,28-/m1/s1. The first kappa shape index (κ1) is 34.1. The maximum atomic E-state index is 13.3. The zero-order valence-electron chi connectivity index (χ0n) is 26.8. The van der Waals surface area contributed by atoms with Gasteiger partial charge < -0.3 is 29.3 Å². The summed E-state index contributed by atoms with van der Waals surface area (Å²) in [6.45, 7) is 11.2. The summed E-state index contributed by atoms with van der Waals surface area (Å²) in [4.78, 5) is 42.1. The largest absolute Gasteiger partial charge is 0.494 e. The molecule has 0 spiro atoms. The molecular formula is C33H45N3O8S. The molecule has 0 saturated carbocycles. The number of alkyl carbamates (subject to hydrolysis) is 1. The molecular weight excluding hydrogens is 598 g/mol.